The topological polar surface area (TPSA) is 70.5 Å². The first-order valence-corrected chi connectivity index (χ1v) is 6.04. The number of carboxylic acid groups (broad SMARTS) is 1. The fourth-order valence-corrected chi connectivity index (χ4v) is 2.31. The molecular weight excluding hydrogens is 232 g/mol. The van der Waals surface area contributed by atoms with E-state index in [0.717, 1.165) is 12.0 Å². The highest BCUT2D eigenvalue weighted by Crippen LogP contribution is 2.24. The molecule has 1 N–H and O–H groups in total. The quantitative estimate of drug-likeness (QED) is 0.874. The molecule has 1 saturated heterocycles. The lowest BCUT2D eigenvalue weighted by atomic mass is 10.0. The Balaban J connectivity index is 2.14. The van der Waals surface area contributed by atoms with Crippen molar-refractivity contribution in [3.63, 3.8) is 0 Å². The first-order valence-electron chi connectivity index (χ1n) is 6.04. The zero-order chi connectivity index (χ0) is 13.1. The number of carboxylic acids is 1. The molecule has 5 nitrogen and oxygen atoms in total. The van der Waals surface area contributed by atoms with Crippen LogP contribution in [0.2, 0.25) is 0 Å². The number of hydrogen-bond donors (Lipinski definition) is 1. The van der Waals surface area contributed by atoms with Crippen molar-refractivity contribution in [2.75, 3.05) is 6.54 Å². The maximum atomic E-state index is 12.3. The summed E-state index contributed by atoms with van der Waals surface area (Å²) in [6, 6.07) is 2.94. The van der Waals surface area contributed by atoms with Crippen molar-refractivity contribution in [3.05, 3.63) is 30.1 Å². The van der Waals surface area contributed by atoms with E-state index in [1.165, 1.54) is 4.90 Å². The van der Waals surface area contributed by atoms with E-state index in [-0.39, 0.29) is 11.8 Å². The van der Waals surface area contributed by atoms with Crippen LogP contribution in [0, 0.1) is 0 Å². The van der Waals surface area contributed by atoms with Gasteiger partial charge in [0.05, 0.1) is 5.92 Å². The summed E-state index contributed by atoms with van der Waals surface area (Å²) in [5, 5.41) is 9.08. The Morgan fingerprint density at radius 3 is 2.94 bits per heavy atom. The molecule has 96 valence electrons. The fraction of sp³-hybridized carbons (Fsp3) is 0.462. The molecule has 2 rings (SSSR count). The molecule has 0 bridgehead atoms. The van der Waals surface area contributed by atoms with Gasteiger partial charge in [0.15, 0.2) is 0 Å². The molecule has 1 aliphatic rings. The van der Waals surface area contributed by atoms with Gasteiger partial charge in [-0.15, -0.1) is 0 Å². The molecule has 0 aromatic carbocycles. The molecular formula is C13H16N2O3. The third kappa shape index (κ3) is 2.34. The van der Waals surface area contributed by atoms with Crippen molar-refractivity contribution in [2.24, 2.45) is 0 Å². The molecule has 2 heterocycles. The monoisotopic (exact) mass is 248 g/mol. The number of carbonyl (C=O) groups excluding carboxylic acids is 1. The van der Waals surface area contributed by atoms with Gasteiger partial charge in [-0.2, -0.15) is 0 Å². The molecule has 0 radical (unpaired) electrons. The normalized spacial score (nSPS) is 20.7. The molecule has 0 saturated carbocycles. The van der Waals surface area contributed by atoms with Crippen molar-refractivity contribution in [1.82, 2.24) is 9.88 Å². The van der Waals surface area contributed by atoms with Gasteiger partial charge in [0, 0.05) is 18.9 Å². The summed E-state index contributed by atoms with van der Waals surface area (Å²) in [4.78, 5) is 28.8. The van der Waals surface area contributed by atoms with Crippen LogP contribution < -0.4 is 0 Å². The van der Waals surface area contributed by atoms with Gasteiger partial charge in [-0.1, -0.05) is 6.07 Å². The second kappa shape index (κ2) is 5.16. The molecule has 2 atom stereocenters. The minimum Gasteiger partial charge on any atom is -0.480 e. The van der Waals surface area contributed by atoms with E-state index in [9.17, 15) is 9.59 Å². The van der Waals surface area contributed by atoms with Gasteiger partial charge in [-0.3, -0.25) is 9.78 Å². The number of pyridine rings is 1. The van der Waals surface area contributed by atoms with Crippen molar-refractivity contribution < 1.29 is 14.7 Å². The highest BCUT2D eigenvalue weighted by atomic mass is 16.4. The zero-order valence-electron chi connectivity index (χ0n) is 10.2. The van der Waals surface area contributed by atoms with Crippen LogP contribution in [-0.2, 0) is 9.59 Å². The smallest absolute Gasteiger partial charge is 0.326 e. The maximum absolute atomic E-state index is 12.3. The number of likely N-dealkylation sites (tertiary alicyclic amines) is 1. The average molecular weight is 248 g/mol. The van der Waals surface area contributed by atoms with E-state index >= 15 is 0 Å². The van der Waals surface area contributed by atoms with E-state index in [4.69, 9.17) is 5.11 Å². The lowest BCUT2D eigenvalue weighted by Gasteiger charge is -2.24. The summed E-state index contributed by atoms with van der Waals surface area (Å²) >= 11 is 0. The van der Waals surface area contributed by atoms with Gasteiger partial charge < -0.3 is 10.0 Å². The minimum absolute atomic E-state index is 0.132. The third-order valence-electron chi connectivity index (χ3n) is 3.38. The Morgan fingerprint density at radius 1 is 1.56 bits per heavy atom. The van der Waals surface area contributed by atoms with Crippen LogP contribution in [0.5, 0.6) is 0 Å². The molecule has 0 aliphatic carbocycles. The van der Waals surface area contributed by atoms with Crippen LogP contribution in [0.4, 0.5) is 0 Å². The Kier molecular flexibility index (Phi) is 3.60. The standard InChI is InChI=1S/C13H16N2O3/c1-9(10-4-2-6-14-8-10)12(16)15-7-3-5-11(15)13(17)18/h2,4,6,8-9,11H,3,5,7H2,1H3,(H,17,18)/t9-,11+/m0/s1. The second-order valence-corrected chi connectivity index (χ2v) is 4.54. The van der Waals surface area contributed by atoms with E-state index < -0.39 is 12.0 Å². The van der Waals surface area contributed by atoms with Gasteiger partial charge in [-0.05, 0) is 31.4 Å². The summed E-state index contributed by atoms with van der Waals surface area (Å²) in [7, 11) is 0. The lowest BCUT2D eigenvalue weighted by Crippen LogP contribution is -2.42. The predicted octanol–water partition coefficient (Wildman–Crippen LogP) is 1.26. The van der Waals surface area contributed by atoms with Crippen LogP contribution >= 0.6 is 0 Å². The highest BCUT2D eigenvalue weighted by molar-refractivity contribution is 5.88. The molecule has 1 amide bonds. The molecule has 1 fully saturated rings. The lowest BCUT2D eigenvalue weighted by molar-refractivity contribution is -0.148. The van der Waals surface area contributed by atoms with Crippen LogP contribution in [0.3, 0.4) is 0 Å². The maximum Gasteiger partial charge on any atom is 0.326 e. The summed E-state index contributed by atoms with van der Waals surface area (Å²) in [6.45, 7) is 2.32. The summed E-state index contributed by atoms with van der Waals surface area (Å²) in [5.41, 5.74) is 0.818. The van der Waals surface area contributed by atoms with Gasteiger partial charge in [0.2, 0.25) is 5.91 Å². The zero-order valence-corrected chi connectivity index (χ0v) is 10.2. The minimum atomic E-state index is -0.917. The molecule has 1 aliphatic heterocycles. The van der Waals surface area contributed by atoms with E-state index in [1.807, 2.05) is 6.07 Å². The molecule has 18 heavy (non-hydrogen) atoms. The van der Waals surface area contributed by atoms with Gasteiger partial charge in [0.1, 0.15) is 6.04 Å². The summed E-state index contributed by atoms with van der Waals surface area (Å²) < 4.78 is 0. The Bertz CT molecular complexity index is 447. The predicted molar refractivity (Wildman–Crippen MR) is 65.0 cm³/mol. The van der Waals surface area contributed by atoms with Gasteiger partial charge in [-0.25, -0.2) is 4.79 Å². The number of aliphatic carboxylic acids is 1. The summed E-state index contributed by atoms with van der Waals surface area (Å²) in [6.07, 6.45) is 4.59. The number of aromatic nitrogens is 1. The van der Waals surface area contributed by atoms with E-state index in [2.05, 4.69) is 4.98 Å². The molecule has 0 spiro atoms. The van der Waals surface area contributed by atoms with Crippen LogP contribution in [0.15, 0.2) is 24.5 Å². The largest absolute Gasteiger partial charge is 0.480 e. The summed E-state index contributed by atoms with van der Waals surface area (Å²) in [5.74, 6) is -1.40. The van der Waals surface area contributed by atoms with Gasteiger partial charge >= 0.3 is 5.97 Å². The number of nitrogens with zero attached hydrogens (tertiary/aromatic N) is 2. The molecule has 1 aromatic heterocycles. The van der Waals surface area contributed by atoms with Gasteiger partial charge in [0.25, 0.3) is 0 Å². The number of carbonyl (C=O) groups is 2. The number of rotatable bonds is 3. The molecule has 0 unspecified atom stereocenters. The van der Waals surface area contributed by atoms with E-state index in [0.29, 0.717) is 13.0 Å². The fourth-order valence-electron chi connectivity index (χ4n) is 2.31. The van der Waals surface area contributed by atoms with Crippen molar-refractivity contribution in [3.8, 4) is 0 Å². The van der Waals surface area contributed by atoms with Crippen molar-refractivity contribution >= 4 is 11.9 Å². The van der Waals surface area contributed by atoms with Crippen molar-refractivity contribution in [2.45, 2.75) is 31.7 Å². The Labute approximate surface area is 105 Å². The van der Waals surface area contributed by atoms with E-state index in [1.54, 1.807) is 25.4 Å². The Hall–Kier alpha value is -1.91. The third-order valence-corrected chi connectivity index (χ3v) is 3.38. The number of hydrogen-bond acceptors (Lipinski definition) is 3. The SMILES string of the molecule is C[C@H](C(=O)N1CCC[C@@H]1C(=O)O)c1cccnc1. The average Bonchev–Trinajstić information content (AvgIpc) is 2.87. The van der Waals surface area contributed by atoms with Crippen LogP contribution in [0.1, 0.15) is 31.2 Å². The highest BCUT2D eigenvalue weighted by Gasteiger charge is 2.36. The van der Waals surface area contributed by atoms with Crippen LogP contribution in [-0.4, -0.2) is 39.5 Å². The van der Waals surface area contributed by atoms with Crippen molar-refractivity contribution in [1.29, 1.82) is 0 Å². The van der Waals surface area contributed by atoms with Crippen LogP contribution in [0.25, 0.3) is 0 Å². The first kappa shape index (κ1) is 12.5. The second-order valence-electron chi connectivity index (χ2n) is 4.54. The number of amides is 1. The molecule has 5 heteroatoms. The Morgan fingerprint density at radius 2 is 2.33 bits per heavy atom. The molecule has 1 aromatic rings. The first-order chi connectivity index (χ1) is 8.61.